The summed E-state index contributed by atoms with van der Waals surface area (Å²) < 4.78 is 3.03. The second-order valence-electron chi connectivity index (χ2n) is 6.69. The molecule has 0 aliphatic carbocycles. The molecule has 0 radical (unpaired) electrons. The Bertz CT molecular complexity index is 1080. The van der Waals surface area contributed by atoms with Gasteiger partial charge in [-0.2, -0.15) is 5.10 Å². The fraction of sp³-hybridized carbons (Fsp3) is 0.174. The van der Waals surface area contributed by atoms with Crippen molar-refractivity contribution in [3.8, 4) is 16.8 Å². The first-order chi connectivity index (χ1) is 13.2. The zero-order chi connectivity index (χ0) is 18.8. The van der Waals surface area contributed by atoms with Crippen molar-refractivity contribution in [2.45, 2.75) is 20.4 Å². The minimum Gasteiger partial charge on any atom is -0.313 e. The zero-order valence-corrected chi connectivity index (χ0v) is 17.1. The summed E-state index contributed by atoms with van der Waals surface area (Å²) in [5, 5.41) is 9.37. The van der Waals surface area contributed by atoms with E-state index in [4.69, 9.17) is 5.10 Å². The maximum absolute atomic E-state index is 4.85. The van der Waals surface area contributed by atoms with E-state index in [9.17, 15) is 0 Å². The molecule has 1 aromatic heterocycles. The second-order valence-corrected chi connectivity index (χ2v) is 7.54. The molecule has 3 nitrogen and oxygen atoms in total. The normalized spacial score (nSPS) is 11.2. The number of fused-ring (bicyclic) bond motifs is 1. The van der Waals surface area contributed by atoms with E-state index >= 15 is 0 Å². The molecular formula is C23H22BrN3. The Morgan fingerprint density at radius 1 is 1.04 bits per heavy atom. The van der Waals surface area contributed by atoms with E-state index in [2.05, 4.69) is 95.9 Å². The molecule has 1 N–H and O–H groups in total. The Labute approximate surface area is 168 Å². The lowest BCUT2D eigenvalue weighted by molar-refractivity contribution is 0.727. The minimum absolute atomic E-state index is 0.860. The van der Waals surface area contributed by atoms with Crippen LogP contribution < -0.4 is 5.32 Å². The van der Waals surface area contributed by atoms with Crippen molar-refractivity contribution in [1.82, 2.24) is 15.1 Å². The molecule has 0 saturated carbocycles. The van der Waals surface area contributed by atoms with Crippen molar-refractivity contribution in [3.05, 3.63) is 82.5 Å². The van der Waals surface area contributed by atoms with Gasteiger partial charge in [0.05, 0.1) is 5.69 Å². The van der Waals surface area contributed by atoms with E-state index in [-0.39, 0.29) is 0 Å². The van der Waals surface area contributed by atoms with Gasteiger partial charge in [0.1, 0.15) is 5.52 Å². The average Bonchev–Trinajstić information content (AvgIpc) is 3.12. The summed E-state index contributed by atoms with van der Waals surface area (Å²) in [6.45, 7) is 6.10. The summed E-state index contributed by atoms with van der Waals surface area (Å²) in [7, 11) is 0. The van der Waals surface area contributed by atoms with Gasteiger partial charge < -0.3 is 5.32 Å². The lowest BCUT2D eigenvalue weighted by atomic mass is 9.99. The fourth-order valence-corrected chi connectivity index (χ4v) is 4.05. The second kappa shape index (κ2) is 7.67. The smallest absolute Gasteiger partial charge is 0.107 e. The maximum Gasteiger partial charge on any atom is 0.107 e. The highest BCUT2D eigenvalue weighted by atomic mass is 79.9. The Balaban J connectivity index is 1.80. The van der Waals surface area contributed by atoms with Crippen molar-refractivity contribution in [2.24, 2.45) is 0 Å². The first kappa shape index (κ1) is 18.0. The van der Waals surface area contributed by atoms with Crippen LogP contribution in [0, 0.1) is 6.92 Å². The molecule has 0 amide bonds. The molecule has 136 valence electrons. The van der Waals surface area contributed by atoms with Gasteiger partial charge in [-0.25, -0.2) is 4.68 Å². The summed E-state index contributed by atoms with van der Waals surface area (Å²) in [4.78, 5) is 0. The number of nitrogens with zero attached hydrogens (tertiary/aromatic N) is 2. The van der Waals surface area contributed by atoms with Crippen molar-refractivity contribution in [3.63, 3.8) is 0 Å². The van der Waals surface area contributed by atoms with E-state index in [1.165, 1.54) is 22.3 Å². The van der Waals surface area contributed by atoms with Crippen LogP contribution in [0.1, 0.15) is 18.1 Å². The molecule has 0 bridgehead atoms. The molecule has 0 fully saturated rings. The standard InChI is InChI=1S/C23H22BrN3/c1-3-25-14-17-12-19-15-27(26-23(19)21(24)13-17)22-11-7-10-20(16(22)2)18-8-5-4-6-9-18/h4-13,15,25H,3,14H2,1-2H3. The zero-order valence-electron chi connectivity index (χ0n) is 15.5. The molecule has 3 aromatic carbocycles. The number of hydrogen-bond donors (Lipinski definition) is 1. The van der Waals surface area contributed by atoms with Crippen LogP contribution in [-0.4, -0.2) is 16.3 Å². The molecule has 0 saturated heterocycles. The van der Waals surface area contributed by atoms with Gasteiger partial charge in [-0.15, -0.1) is 0 Å². The Hall–Kier alpha value is -2.43. The lowest BCUT2D eigenvalue weighted by Gasteiger charge is -2.11. The minimum atomic E-state index is 0.860. The van der Waals surface area contributed by atoms with Gasteiger partial charge in [0.2, 0.25) is 0 Å². The third-order valence-electron chi connectivity index (χ3n) is 4.84. The van der Waals surface area contributed by atoms with Gasteiger partial charge in [-0.05, 0) is 69.9 Å². The molecule has 0 unspecified atom stereocenters. The molecule has 4 aromatic rings. The van der Waals surface area contributed by atoms with Gasteiger partial charge in [-0.1, -0.05) is 49.4 Å². The molecule has 0 aliphatic heterocycles. The largest absolute Gasteiger partial charge is 0.313 e. The number of benzene rings is 3. The third kappa shape index (κ3) is 3.55. The molecule has 4 rings (SSSR count). The SMILES string of the molecule is CCNCc1cc(Br)c2nn(-c3cccc(-c4ccccc4)c3C)cc2c1. The highest BCUT2D eigenvalue weighted by molar-refractivity contribution is 9.10. The molecule has 1 heterocycles. The number of halogens is 1. The predicted octanol–water partition coefficient (Wildman–Crippen LogP) is 5.87. The van der Waals surface area contributed by atoms with Gasteiger partial charge in [0.15, 0.2) is 0 Å². The molecule has 0 aliphatic rings. The summed E-state index contributed by atoms with van der Waals surface area (Å²) in [6, 6.07) is 21.2. The monoisotopic (exact) mass is 419 g/mol. The lowest BCUT2D eigenvalue weighted by Crippen LogP contribution is -2.11. The van der Waals surface area contributed by atoms with Crippen molar-refractivity contribution in [2.75, 3.05) is 6.54 Å². The highest BCUT2D eigenvalue weighted by Crippen LogP contribution is 2.30. The van der Waals surface area contributed by atoms with Crippen LogP contribution in [0.15, 0.2) is 71.3 Å². The van der Waals surface area contributed by atoms with Gasteiger partial charge in [0, 0.05) is 22.6 Å². The fourth-order valence-electron chi connectivity index (χ4n) is 3.45. The Morgan fingerprint density at radius 2 is 1.85 bits per heavy atom. The maximum atomic E-state index is 4.85. The molecule has 27 heavy (non-hydrogen) atoms. The number of rotatable bonds is 5. The average molecular weight is 420 g/mol. The number of nitrogens with one attached hydrogen (secondary N) is 1. The molecule has 4 heteroatoms. The quantitative estimate of drug-likeness (QED) is 0.438. The van der Waals surface area contributed by atoms with E-state index in [1.807, 2.05) is 10.7 Å². The summed E-state index contributed by atoms with van der Waals surface area (Å²) in [6.07, 6.45) is 2.12. The van der Waals surface area contributed by atoms with Crippen LogP contribution in [0.25, 0.3) is 27.7 Å². The van der Waals surface area contributed by atoms with Crippen LogP contribution in [0.2, 0.25) is 0 Å². The molecular weight excluding hydrogens is 398 g/mol. The predicted molar refractivity (Wildman–Crippen MR) is 116 cm³/mol. The van der Waals surface area contributed by atoms with Crippen LogP contribution >= 0.6 is 15.9 Å². The topological polar surface area (TPSA) is 29.9 Å². The van der Waals surface area contributed by atoms with Gasteiger partial charge in [-0.3, -0.25) is 0 Å². The van der Waals surface area contributed by atoms with Crippen LogP contribution in [0.3, 0.4) is 0 Å². The molecule has 0 atom stereocenters. The van der Waals surface area contributed by atoms with Gasteiger partial charge in [0.25, 0.3) is 0 Å². The van der Waals surface area contributed by atoms with Crippen LogP contribution in [0.5, 0.6) is 0 Å². The summed E-state index contributed by atoms with van der Waals surface area (Å²) >= 11 is 3.69. The summed E-state index contributed by atoms with van der Waals surface area (Å²) in [5.74, 6) is 0. The first-order valence-electron chi connectivity index (χ1n) is 9.21. The first-order valence-corrected chi connectivity index (χ1v) is 10.0. The molecule has 0 spiro atoms. The van der Waals surface area contributed by atoms with Crippen LogP contribution in [-0.2, 0) is 6.54 Å². The van der Waals surface area contributed by atoms with E-state index in [0.717, 1.165) is 34.2 Å². The van der Waals surface area contributed by atoms with Gasteiger partial charge >= 0.3 is 0 Å². The number of aromatic nitrogens is 2. The van der Waals surface area contributed by atoms with Crippen molar-refractivity contribution in [1.29, 1.82) is 0 Å². The third-order valence-corrected chi connectivity index (χ3v) is 5.44. The highest BCUT2D eigenvalue weighted by Gasteiger charge is 2.12. The van der Waals surface area contributed by atoms with Crippen molar-refractivity contribution < 1.29 is 0 Å². The summed E-state index contributed by atoms with van der Waals surface area (Å²) in [5.41, 5.74) is 7.03. The van der Waals surface area contributed by atoms with Crippen LogP contribution in [0.4, 0.5) is 0 Å². The Kier molecular flexibility index (Phi) is 5.10. The van der Waals surface area contributed by atoms with Crippen molar-refractivity contribution >= 4 is 26.8 Å². The van der Waals surface area contributed by atoms with E-state index in [0.29, 0.717) is 0 Å². The number of hydrogen-bond acceptors (Lipinski definition) is 2. The van der Waals surface area contributed by atoms with E-state index < -0.39 is 0 Å². The van der Waals surface area contributed by atoms with E-state index in [1.54, 1.807) is 0 Å². The Morgan fingerprint density at radius 3 is 2.63 bits per heavy atom.